The van der Waals surface area contributed by atoms with Crippen LogP contribution < -0.4 is 16.4 Å². The summed E-state index contributed by atoms with van der Waals surface area (Å²) in [5, 5.41) is 6.54. The molecule has 26 heavy (non-hydrogen) atoms. The van der Waals surface area contributed by atoms with Crippen LogP contribution in [0.2, 0.25) is 5.02 Å². The Balaban J connectivity index is 0.00000338. The quantitative estimate of drug-likeness (QED) is 0.230. The molecule has 2 aromatic carbocycles. The zero-order chi connectivity index (χ0) is 17.9. The summed E-state index contributed by atoms with van der Waals surface area (Å²) in [7, 11) is 0. The molecule has 0 spiro atoms. The number of amides is 1. The van der Waals surface area contributed by atoms with Gasteiger partial charge in [-0.2, -0.15) is 0 Å². The number of rotatable bonds is 8. The lowest BCUT2D eigenvalue weighted by Gasteiger charge is -2.06. The molecule has 0 aromatic heterocycles. The van der Waals surface area contributed by atoms with Crippen LogP contribution in [0.4, 0.5) is 5.69 Å². The first-order valence-electron chi connectivity index (χ1n) is 8.26. The molecule has 0 unspecified atom stereocenters. The van der Waals surface area contributed by atoms with Crippen molar-refractivity contribution in [2.45, 2.75) is 19.3 Å². The van der Waals surface area contributed by atoms with Crippen LogP contribution in [0.3, 0.4) is 0 Å². The fraction of sp³-hybridized carbons (Fsp3) is 0.263. The molecule has 0 aliphatic heterocycles. The number of benzene rings is 2. The number of nitrogens with one attached hydrogen (secondary N) is 2. The van der Waals surface area contributed by atoms with E-state index in [-0.39, 0.29) is 29.9 Å². The highest BCUT2D eigenvalue weighted by Gasteiger charge is 2.02. The topological polar surface area (TPSA) is 79.5 Å². The summed E-state index contributed by atoms with van der Waals surface area (Å²) in [6.07, 6.45) is 1.92. The SMILES string of the molecule is I.NC(=NCCCC(=O)Nc1ccc(Cl)cc1)NCCc1ccccc1. The molecule has 4 N–H and O–H groups in total. The molecule has 2 rings (SSSR count). The van der Waals surface area contributed by atoms with Gasteiger partial charge in [0.15, 0.2) is 5.96 Å². The van der Waals surface area contributed by atoms with Gasteiger partial charge in [0.1, 0.15) is 0 Å². The highest BCUT2D eigenvalue weighted by Crippen LogP contribution is 2.13. The third-order valence-corrected chi connectivity index (χ3v) is 3.79. The molecule has 1 amide bonds. The average molecular weight is 487 g/mol. The first kappa shape index (κ1) is 22.2. The maximum Gasteiger partial charge on any atom is 0.224 e. The maximum atomic E-state index is 11.8. The van der Waals surface area contributed by atoms with Crippen molar-refractivity contribution < 1.29 is 4.79 Å². The number of anilines is 1. The molecule has 0 radical (unpaired) electrons. The highest BCUT2D eigenvalue weighted by atomic mass is 127. The van der Waals surface area contributed by atoms with E-state index in [1.807, 2.05) is 18.2 Å². The fourth-order valence-corrected chi connectivity index (χ4v) is 2.36. The number of aliphatic imine (C=N–C) groups is 1. The van der Waals surface area contributed by atoms with Gasteiger partial charge in [-0.3, -0.25) is 9.79 Å². The summed E-state index contributed by atoms with van der Waals surface area (Å²) in [6, 6.07) is 17.2. The zero-order valence-electron chi connectivity index (χ0n) is 14.5. The Morgan fingerprint density at radius 1 is 1.08 bits per heavy atom. The van der Waals surface area contributed by atoms with Crippen molar-refractivity contribution in [3.8, 4) is 0 Å². The molecule has 0 aliphatic rings. The molecule has 7 heteroatoms. The van der Waals surface area contributed by atoms with Crippen molar-refractivity contribution in [2.75, 3.05) is 18.4 Å². The fourth-order valence-electron chi connectivity index (χ4n) is 2.23. The smallest absolute Gasteiger partial charge is 0.224 e. The second kappa shape index (κ2) is 12.5. The molecule has 2 aromatic rings. The van der Waals surface area contributed by atoms with Gasteiger partial charge in [0, 0.05) is 30.2 Å². The van der Waals surface area contributed by atoms with E-state index in [0.717, 1.165) is 18.7 Å². The molecule has 0 bridgehead atoms. The van der Waals surface area contributed by atoms with E-state index < -0.39 is 0 Å². The third-order valence-electron chi connectivity index (χ3n) is 3.53. The van der Waals surface area contributed by atoms with Crippen molar-refractivity contribution in [3.63, 3.8) is 0 Å². The second-order valence-electron chi connectivity index (χ2n) is 5.59. The number of halogens is 2. The Kier molecular flexibility index (Phi) is 10.7. The van der Waals surface area contributed by atoms with Crippen LogP contribution in [0.1, 0.15) is 18.4 Å². The Hall–Kier alpha value is -1.80. The minimum Gasteiger partial charge on any atom is -0.370 e. The Morgan fingerprint density at radius 2 is 1.77 bits per heavy atom. The predicted molar refractivity (Wildman–Crippen MR) is 119 cm³/mol. The second-order valence-corrected chi connectivity index (χ2v) is 6.02. The van der Waals surface area contributed by atoms with Crippen LogP contribution in [-0.4, -0.2) is 25.0 Å². The van der Waals surface area contributed by atoms with Gasteiger partial charge in [-0.15, -0.1) is 24.0 Å². The van der Waals surface area contributed by atoms with E-state index in [1.54, 1.807) is 24.3 Å². The van der Waals surface area contributed by atoms with Crippen LogP contribution in [0, 0.1) is 0 Å². The first-order valence-corrected chi connectivity index (χ1v) is 8.64. The molecule has 0 saturated carbocycles. The number of carbonyl (C=O) groups excluding carboxylic acids is 1. The molecule has 5 nitrogen and oxygen atoms in total. The van der Waals surface area contributed by atoms with E-state index in [9.17, 15) is 4.79 Å². The summed E-state index contributed by atoms with van der Waals surface area (Å²) >= 11 is 5.81. The largest absolute Gasteiger partial charge is 0.370 e. The van der Waals surface area contributed by atoms with Gasteiger partial charge in [0.05, 0.1) is 0 Å². The monoisotopic (exact) mass is 486 g/mol. The van der Waals surface area contributed by atoms with Crippen molar-refractivity contribution in [2.24, 2.45) is 10.7 Å². The molecule has 0 heterocycles. The van der Waals surface area contributed by atoms with Crippen LogP contribution in [0.25, 0.3) is 0 Å². The summed E-state index contributed by atoms with van der Waals surface area (Å²) in [6.45, 7) is 1.24. The van der Waals surface area contributed by atoms with Gasteiger partial charge in [-0.25, -0.2) is 0 Å². The van der Waals surface area contributed by atoms with E-state index in [0.29, 0.717) is 30.4 Å². The molecule has 140 valence electrons. The number of hydrogen-bond acceptors (Lipinski definition) is 2. The zero-order valence-corrected chi connectivity index (χ0v) is 17.5. The lowest BCUT2D eigenvalue weighted by atomic mass is 10.1. The summed E-state index contributed by atoms with van der Waals surface area (Å²) in [5.41, 5.74) is 7.81. The highest BCUT2D eigenvalue weighted by molar-refractivity contribution is 14.0. The lowest BCUT2D eigenvalue weighted by molar-refractivity contribution is -0.116. The molecule has 0 saturated heterocycles. The average Bonchev–Trinajstić information content (AvgIpc) is 2.62. The number of nitrogens with two attached hydrogens (primary N) is 1. The minimum absolute atomic E-state index is 0. The predicted octanol–water partition coefficient (Wildman–Crippen LogP) is 3.82. The standard InChI is InChI=1S/C19H23ClN4O.HI/c20-16-8-10-17(11-9-16)24-18(25)7-4-13-22-19(21)23-14-12-15-5-2-1-3-6-15;/h1-3,5-6,8-11H,4,7,12-14H2,(H,24,25)(H3,21,22,23);1H. The van der Waals surface area contributed by atoms with Gasteiger partial charge in [0.25, 0.3) is 0 Å². The number of nitrogens with zero attached hydrogens (tertiary/aromatic N) is 1. The van der Waals surface area contributed by atoms with Gasteiger partial charge < -0.3 is 16.4 Å². The lowest BCUT2D eigenvalue weighted by Crippen LogP contribution is -2.33. The van der Waals surface area contributed by atoms with Crippen molar-refractivity contribution in [3.05, 3.63) is 65.2 Å². The van der Waals surface area contributed by atoms with Crippen molar-refractivity contribution in [1.82, 2.24) is 5.32 Å². The maximum absolute atomic E-state index is 11.8. The number of guanidine groups is 1. The van der Waals surface area contributed by atoms with Crippen molar-refractivity contribution in [1.29, 1.82) is 0 Å². The van der Waals surface area contributed by atoms with Crippen molar-refractivity contribution >= 4 is 53.1 Å². The molecular formula is C19H24ClIN4O. The van der Waals surface area contributed by atoms with Gasteiger partial charge in [-0.05, 0) is 42.7 Å². The molecule has 0 aliphatic carbocycles. The summed E-state index contributed by atoms with van der Waals surface area (Å²) < 4.78 is 0. The Morgan fingerprint density at radius 3 is 2.46 bits per heavy atom. The van der Waals surface area contributed by atoms with E-state index >= 15 is 0 Å². The minimum atomic E-state index is -0.0480. The molecular weight excluding hydrogens is 463 g/mol. The van der Waals surface area contributed by atoms with E-state index in [1.165, 1.54) is 5.56 Å². The van der Waals surface area contributed by atoms with Crippen LogP contribution >= 0.6 is 35.6 Å². The molecule has 0 fully saturated rings. The van der Waals surface area contributed by atoms with Crippen LogP contribution in [0.15, 0.2) is 59.6 Å². The Labute approximate surface area is 176 Å². The summed E-state index contributed by atoms with van der Waals surface area (Å²) in [5.74, 6) is 0.363. The number of carbonyl (C=O) groups is 1. The third kappa shape index (κ3) is 9.05. The van der Waals surface area contributed by atoms with Crippen LogP contribution in [-0.2, 0) is 11.2 Å². The van der Waals surface area contributed by atoms with E-state index in [2.05, 4.69) is 27.8 Å². The Bertz CT molecular complexity index is 692. The normalized spacial score (nSPS) is 10.7. The van der Waals surface area contributed by atoms with Crippen LogP contribution in [0.5, 0.6) is 0 Å². The number of hydrogen-bond donors (Lipinski definition) is 3. The van der Waals surface area contributed by atoms with Gasteiger partial charge >= 0.3 is 0 Å². The molecule has 0 atom stereocenters. The van der Waals surface area contributed by atoms with Gasteiger partial charge in [-0.1, -0.05) is 41.9 Å². The van der Waals surface area contributed by atoms with Gasteiger partial charge in [0.2, 0.25) is 5.91 Å². The van der Waals surface area contributed by atoms with E-state index in [4.69, 9.17) is 17.3 Å². The first-order chi connectivity index (χ1) is 12.1. The summed E-state index contributed by atoms with van der Waals surface area (Å²) in [4.78, 5) is 16.1.